The zero-order chi connectivity index (χ0) is 24.9. The summed E-state index contributed by atoms with van der Waals surface area (Å²) in [4.78, 5) is 25.5. The highest BCUT2D eigenvalue weighted by Gasteiger charge is 2.38. The Balaban J connectivity index is 2.11. The zero-order valence-corrected chi connectivity index (χ0v) is 20.9. The number of aryl methyl sites for hydroxylation is 1. The van der Waals surface area contributed by atoms with E-state index in [4.69, 9.17) is 18.9 Å². The van der Waals surface area contributed by atoms with Crippen LogP contribution >= 0.6 is 0 Å². The minimum Gasteiger partial charge on any atom is -0.487 e. The molecule has 0 radical (unpaired) electrons. The molecular formula is C28H34O6. The van der Waals surface area contributed by atoms with Crippen molar-refractivity contribution in [2.45, 2.75) is 78.8 Å². The third-order valence-electron chi connectivity index (χ3n) is 5.09. The molecule has 6 heteroatoms. The Morgan fingerprint density at radius 3 is 2.47 bits per heavy atom. The fraction of sp³-hybridized carbons (Fsp3) is 0.429. The van der Waals surface area contributed by atoms with E-state index in [0.717, 1.165) is 30.4 Å². The lowest BCUT2D eigenvalue weighted by molar-refractivity contribution is -0.148. The van der Waals surface area contributed by atoms with Crippen LogP contribution in [0.3, 0.4) is 0 Å². The molecule has 2 aromatic rings. The first-order valence-electron chi connectivity index (χ1n) is 11.7. The number of unbranched alkanes of at least 4 members (excludes halogenated alkanes) is 1. The molecule has 2 aromatic carbocycles. The van der Waals surface area contributed by atoms with Crippen LogP contribution < -0.4 is 9.47 Å². The Morgan fingerprint density at radius 1 is 1.12 bits per heavy atom. The summed E-state index contributed by atoms with van der Waals surface area (Å²) < 4.78 is 23.2. The summed E-state index contributed by atoms with van der Waals surface area (Å²) >= 11 is 0. The Labute approximate surface area is 201 Å². The highest BCUT2D eigenvalue weighted by atomic mass is 16.7. The summed E-state index contributed by atoms with van der Waals surface area (Å²) in [6.07, 6.45) is 5.68. The molecule has 0 unspecified atom stereocenters. The van der Waals surface area contributed by atoms with Crippen LogP contribution in [0, 0.1) is 0 Å². The van der Waals surface area contributed by atoms with Crippen molar-refractivity contribution in [3.63, 3.8) is 0 Å². The molecule has 34 heavy (non-hydrogen) atoms. The number of hydrogen-bond acceptors (Lipinski definition) is 6. The molecule has 0 fully saturated rings. The van der Waals surface area contributed by atoms with Crippen molar-refractivity contribution in [1.82, 2.24) is 0 Å². The summed E-state index contributed by atoms with van der Waals surface area (Å²) in [7, 11) is 0. The molecule has 3 rings (SSSR count). The van der Waals surface area contributed by atoms with Crippen molar-refractivity contribution < 1.29 is 28.5 Å². The number of carbonyl (C=O) groups excluding carboxylic acids is 2. The molecule has 6 nitrogen and oxygen atoms in total. The minimum absolute atomic E-state index is 0.222. The second-order valence-corrected chi connectivity index (χ2v) is 9.79. The lowest BCUT2D eigenvalue weighted by Gasteiger charge is -2.33. The van der Waals surface area contributed by atoms with Crippen LogP contribution in [0.5, 0.6) is 11.5 Å². The van der Waals surface area contributed by atoms with Gasteiger partial charge in [-0.2, -0.15) is 0 Å². The topological polar surface area (TPSA) is 71.1 Å². The van der Waals surface area contributed by atoms with Crippen LogP contribution in [-0.2, 0) is 27.3 Å². The Bertz CT molecular complexity index is 1060. The lowest BCUT2D eigenvalue weighted by atomic mass is 9.95. The first kappa shape index (κ1) is 25.3. The first-order valence-corrected chi connectivity index (χ1v) is 11.7. The van der Waals surface area contributed by atoms with E-state index in [0.29, 0.717) is 17.1 Å². The monoisotopic (exact) mass is 466 g/mol. The van der Waals surface area contributed by atoms with E-state index >= 15 is 0 Å². The van der Waals surface area contributed by atoms with E-state index in [1.807, 2.05) is 57.2 Å². The average molecular weight is 467 g/mol. The fourth-order valence-corrected chi connectivity index (χ4v) is 3.66. The van der Waals surface area contributed by atoms with Crippen LogP contribution in [0.25, 0.3) is 6.08 Å². The normalized spacial score (nSPS) is 14.8. The zero-order valence-electron chi connectivity index (χ0n) is 20.9. The van der Waals surface area contributed by atoms with Gasteiger partial charge in [-0.3, -0.25) is 0 Å². The number of rotatable bonds is 8. The number of benzene rings is 2. The van der Waals surface area contributed by atoms with Gasteiger partial charge in [0.15, 0.2) is 0 Å². The molecule has 1 aliphatic rings. The van der Waals surface area contributed by atoms with Gasteiger partial charge in [0.25, 0.3) is 0 Å². The number of carbonyl (C=O) groups is 2. The van der Waals surface area contributed by atoms with Crippen LogP contribution in [0.1, 0.15) is 81.4 Å². The van der Waals surface area contributed by atoms with Gasteiger partial charge in [0, 0.05) is 25.5 Å². The molecule has 0 saturated carbocycles. The van der Waals surface area contributed by atoms with Gasteiger partial charge in [-0.1, -0.05) is 43.7 Å². The number of ether oxygens (including phenoxy) is 4. The van der Waals surface area contributed by atoms with E-state index < -0.39 is 23.3 Å². The Hall–Kier alpha value is -3.28. The molecule has 0 aliphatic carbocycles. The molecule has 0 bridgehead atoms. The smallest absolute Gasteiger partial charge is 0.349 e. The number of fused-ring (bicyclic) bond motifs is 1. The second kappa shape index (κ2) is 10.3. The van der Waals surface area contributed by atoms with E-state index in [-0.39, 0.29) is 12.2 Å². The molecule has 0 spiro atoms. The van der Waals surface area contributed by atoms with Gasteiger partial charge in [-0.15, -0.1) is 0 Å². The van der Waals surface area contributed by atoms with Crippen LogP contribution in [-0.4, -0.2) is 23.3 Å². The largest absolute Gasteiger partial charge is 0.487 e. The van der Waals surface area contributed by atoms with Crippen LogP contribution in [0.2, 0.25) is 0 Å². The van der Waals surface area contributed by atoms with Gasteiger partial charge in [-0.05, 0) is 56.9 Å². The molecule has 0 amide bonds. The van der Waals surface area contributed by atoms with Crippen molar-refractivity contribution in [3.8, 4) is 11.5 Å². The van der Waals surface area contributed by atoms with Crippen molar-refractivity contribution in [3.05, 3.63) is 64.7 Å². The van der Waals surface area contributed by atoms with Gasteiger partial charge in [0.05, 0.1) is 0 Å². The Morgan fingerprint density at radius 2 is 1.82 bits per heavy atom. The fourth-order valence-electron chi connectivity index (χ4n) is 3.66. The van der Waals surface area contributed by atoms with Gasteiger partial charge < -0.3 is 18.9 Å². The van der Waals surface area contributed by atoms with Gasteiger partial charge in [0.1, 0.15) is 29.3 Å². The Kier molecular flexibility index (Phi) is 7.70. The van der Waals surface area contributed by atoms with E-state index in [9.17, 15) is 9.59 Å². The van der Waals surface area contributed by atoms with Crippen LogP contribution in [0.4, 0.5) is 0 Å². The van der Waals surface area contributed by atoms with Crippen LogP contribution in [0.15, 0.2) is 42.5 Å². The number of esters is 2. The van der Waals surface area contributed by atoms with E-state index in [2.05, 4.69) is 6.92 Å². The average Bonchev–Trinajstić information content (AvgIpc) is 2.73. The number of cyclic esters (lactones) is 1. The van der Waals surface area contributed by atoms with Crippen molar-refractivity contribution in [2.75, 3.05) is 0 Å². The molecule has 0 saturated heterocycles. The summed E-state index contributed by atoms with van der Waals surface area (Å²) in [5.74, 6) is -1.32. The molecule has 1 heterocycles. The maximum Gasteiger partial charge on any atom is 0.349 e. The maximum absolute atomic E-state index is 13.0. The number of hydrogen-bond donors (Lipinski definition) is 0. The quantitative estimate of drug-likeness (QED) is 0.338. The van der Waals surface area contributed by atoms with Gasteiger partial charge >= 0.3 is 11.9 Å². The maximum atomic E-state index is 13.0. The van der Waals surface area contributed by atoms with E-state index in [1.54, 1.807) is 19.9 Å². The molecule has 182 valence electrons. The molecular weight excluding hydrogens is 432 g/mol. The summed E-state index contributed by atoms with van der Waals surface area (Å²) in [6.45, 7) is 11.2. The minimum atomic E-state index is -1.09. The SMILES string of the molecule is CCCCc1cc2c(c(OCc3ccccc3)c1/C=C/C(=O)OC(C)(C)C)C(=O)OC(C)(C)O2. The second-order valence-electron chi connectivity index (χ2n) is 9.79. The third kappa shape index (κ3) is 6.62. The summed E-state index contributed by atoms with van der Waals surface area (Å²) in [6, 6.07) is 11.5. The lowest BCUT2D eigenvalue weighted by Crippen LogP contribution is -2.39. The third-order valence-corrected chi connectivity index (χ3v) is 5.09. The molecule has 0 aromatic heterocycles. The van der Waals surface area contributed by atoms with E-state index in [1.165, 1.54) is 6.08 Å². The van der Waals surface area contributed by atoms with Crippen molar-refractivity contribution >= 4 is 18.0 Å². The van der Waals surface area contributed by atoms with Gasteiger partial charge in [0.2, 0.25) is 5.79 Å². The summed E-state index contributed by atoms with van der Waals surface area (Å²) in [5, 5.41) is 0. The predicted octanol–water partition coefficient (Wildman–Crippen LogP) is 6.25. The predicted molar refractivity (Wildman–Crippen MR) is 131 cm³/mol. The highest BCUT2D eigenvalue weighted by molar-refractivity contribution is 5.99. The first-order chi connectivity index (χ1) is 16.0. The molecule has 0 atom stereocenters. The van der Waals surface area contributed by atoms with Gasteiger partial charge in [-0.25, -0.2) is 9.59 Å². The summed E-state index contributed by atoms with van der Waals surface area (Å²) in [5.41, 5.74) is 2.13. The highest BCUT2D eigenvalue weighted by Crippen LogP contribution is 2.42. The standard InChI is InChI=1S/C28H34O6/c1-7-8-14-20-17-22-24(26(30)34-28(5,6)32-22)25(31-18-19-12-10-9-11-13-19)21(20)15-16-23(29)33-27(2,3)4/h9-13,15-17H,7-8,14,18H2,1-6H3/b16-15+. The molecule has 1 aliphatic heterocycles. The van der Waals surface area contributed by atoms with Crippen molar-refractivity contribution in [1.29, 1.82) is 0 Å². The molecule has 0 N–H and O–H groups in total. The van der Waals surface area contributed by atoms with Crippen molar-refractivity contribution in [2.24, 2.45) is 0 Å².